The molecule has 0 saturated carbocycles. The Labute approximate surface area is 146 Å². The predicted octanol–water partition coefficient (Wildman–Crippen LogP) is 4.66. The van der Waals surface area contributed by atoms with Gasteiger partial charge in [0.1, 0.15) is 5.82 Å². The summed E-state index contributed by atoms with van der Waals surface area (Å²) in [5, 5.41) is 7.25. The van der Waals surface area contributed by atoms with Crippen LogP contribution in [-0.4, -0.2) is 9.97 Å². The van der Waals surface area contributed by atoms with E-state index in [0.717, 1.165) is 22.9 Å². The average molecular weight is 339 g/mol. The van der Waals surface area contributed by atoms with Crippen LogP contribution in [0.5, 0.6) is 0 Å². The highest BCUT2D eigenvalue weighted by Crippen LogP contribution is 2.16. The van der Waals surface area contributed by atoms with Gasteiger partial charge in [0.25, 0.3) is 0 Å². The lowest BCUT2D eigenvalue weighted by molar-refractivity contribution is 1.03. The first-order valence-electron chi connectivity index (χ1n) is 7.80. The van der Waals surface area contributed by atoms with Gasteiger partial charge in [-0.15, -0.1) is 0 Å². The number of hydrogen-bond acceptors (Lipinski definition) is 4. The van der Waals surface area contributed by atoms with Crippen LogP contribution in [0.1, 0.15) is 16.7 Å². The van der Waals surface area contributed by atoms with Gasteiger partial charge in [0.05, 0.1) is 0 Å². The van der Waals surface area contributed by atoms with E-state index >= 15 is 0 Å². The van der Waals surface area contributed by atoms with Crippen LogP contribution < -0.4 is 10.6 Å². The first-order chi connectivity index (χ1) is 11.7. The third kappa shape index (κ3) is 4.46. The molecule has 0 bridgehead atoms. The lowest BCUT2D eigenvalue weighted by Gasteiger charge is -2.09. The molecule has 2 N–H and O–H groups in total. The molecule has 0 atom stereocenters. The van der Waals surface area contributed by atoms with Gasteiger partial charge in [-0.2, -0.15) is 4.98 Å². The van der Waals surface area contributed by atoms with Crippen molar-refractivity contribution in [3.63, 3.8) is 0 Å². The maximum atomic E-state index is 6.16. The molecule has 1 heterocycles. The number of halogens is 1. The largest absolute Gasteiger partial charge is 0.366 e. The molecule has 3 rings (SSSR count). The molecule has 0 saturated heterocycles. The predicted molar refractivity (Wildman–Crippen MR) is 99.3 cm³/mol. The van der Waals surface area contributed by atoms with E-state index in [4.69, 9.17) is 11.6 Å². The van der Waals surface area contributed by atoms with Crippen molar-refractivity contribution in [2.45, 2.75) is 20.0 Å². The Morgan fingerprint density at radius 3 is 2.50 bits per heavy atom. The highest BCUT2D eigenvalue weighted by atomic mass is 35.5. The molecule has 1 aromatic heterocycles. The molecule has 24 heavy (non-hydrogen) atoms. The third-order valence-corrected chi connectivity index (χ3v) is 4.01. The van der Waals surface area contributed by atoms with Crippen molar-refractivity contribution >= 4 is 23.4 Å². The molecule has 2 aromatic carbocycles. The van der Waals surface area contributed by atoms with Crippen LogP contribution in [0, 0.1) is 6.92 Å². The van der Waals surface area contributed by atoms with Gasteiger partial charge in [-0.3, -0.25) is 0 Å². The molecule has 0 fully saturated rings. The summed E-state index contributed by atoms with van der Waals surface area (Å²) in [5.41, 5.74) is 3.48. The van der Waals surface area contributed by atoms with E-state index < -0.39 is 0 Å². The van der Waals surface area contributed by atoms with Gasteiger partial charge in [-0.05, 0) is 30.2 Å². The molecule has 0 aliphatic rings. The summed E-state index contributed by atoms with van der Waals surface area (Å²) in [7, 11) is 0. The van der Waals surface area contributed by atoms with Crippen LogP contribution in [0.15, 0.2) is 60.8 Å². The highest BCUT2D eigenvalue weighted by molar-refractivity contribution is 6.31. The van der Waals surface area contributed by atoms with Crippen LogP contribution in [0.3, 0.4) is 0 Å². The molecule has 0 unspecified atom stereocenters. The Morgan fingerprint density at radius 1 is 0.917 bits per heavy atom. The standard InChI is InChI=1S/C19H19ClN4/c1-14-6-8-15(9-7-14)12-22-18-10-11-21-19(24-18)23-13-16-4-2-3-5-17(16)20/h2-11H,12-13H2,1H3,(H2,21,22,23,24). The zero-order chi connectivity index (χ0) is 16.8. The number of benzene rings is 2. The second kappa shape index (κ2) is 7.79. The Kier molecular flexibility index (Phi) is 5.29. The van der Waals surface area contributed by atoms with E-state index in [9.17, 15) is 0 Å². The second-order valence-electron chi connectivity index (χ2n) is 5.55. The summed E-state index contributed by atoms with van der Waals surface area (Å²) in [6.45, 7) is 3.39. The van der Waals surface area contributed by atoms with Crippen LogP contribution >= 0.6 is 11.6 Å². The number of hydrogen-bond donors (Lipinski definition) is 2. The van der Waals surface area contributed by atoms with E-state index in [1.807, 2.05) is 30.3 Å². The topological polar surface area (TPSA) is 49.8 Å². The number of nitrogens with zero attached hydrogens (tertiary/aromatic N) is 2. The minimum atomic E-state index is 0.573. The normalized spacial score (nSPS) is 10.4. The van der Waals surface area contributed by atoms with Crippen molar-refractivity contribution in [2.24, 2.45) is 0 Å². The van der Waals surface area contributed by atoms with Gasteiger partial charge in [0, 0.05) is 24.3 Å². The van der Waals surface area contributed by atoms with Gasteiger partial charge < -0.3 is 10.6 Å². The fraction of sp³-hybridized carbons (Fsp3) is 0.158. The number of aryl methyl sites for hydroxylation is 1. The summed E-state index contributed by atoms with van der Waals surface area (Å²) in [6, 6.07) is 18.0. The molecule has 4 nitrogen and oxygen atoms in total. The van der Waals surface area contributed by atoms with E-state index in [2.05, 4.69) is 51.8 Å². The number of rotatable bonds is 6. The van der Waals surface area contributed by atoms with Gasteiger partial charge in [-0.25, -0.2) is 4.98 Å². The van der Waals surface area contributed by atoms with Crippen molar-refractivity contribution < 1.29 is 0 Å². The van der Waals surface area contributed by atoms with Crippen molar-refractivity contribution in [3.05, 3.63) is 82.5 Å². The lowest BCUT2D eigenvalue weighted by Crippen LogP contribution is -2.07. The van der Waals surface area contributed by atoms with Gasteiger partial charge in [0.2, 0.25) is 5.95 Å². The van der Waals surface area contributed by atoms with E-state index in [1.54, 1.807) is 6.20 Å². The smallest absolute Gasteiger partial charge is 0.224 e. The number of aromatic nitrogens is 2. The van der Waals surface area contributed by atoms with Crippen molar-refractivity contribution in [1.82, 2.24) is 9.97 Å². The van der Waals surface area contributed by atoms with Crippen LogP contribution in [0.2, 0.25) is 5.02 Å². The van der Waals surface area contributed by atoms with Gasteiger partial charge >= 0.3 is 0 Å². The fourth-order valence-corrected chi connectivity index (χ4v) is 2.46. The zero-order valence-corrected chi connectivity index (χ0v) is 14.2. The summed E-state index contributed by atoms with van der Waals surface area (Å²) in [4.78, 5) is 8.72. The first-order valence-corrected chi connectivity index (χ1v) is 8.18. The van der Waals surface area contributed by atoms with E-state index in [0.29, 0.717) is 12.5 Å². The molecule has 0 aliphatic heterocycles. The lowest BCUT2D eigenvalue weighted by atomic mass is 10.1. The highest BCUT2D eigenvalue weighted by Gasteiger charge is 2.02. The number of nitrogens with one attached hydrogen (secondary N) is 2. The molecular weight excluding hydrogens is 320 g/mol. The SMILES string of the molecule is Cc1ccc(CNc2ccnc(NCc3ccccc3Cl)n2)cc1. The van der Waals surface area contributed by atoms with Crippen LogP contribution in [-0.2, 0) is 13.1 Å². The first kappa shape index (κ1) is 16.3. The molecule has 0 amide bonds. The summed E-state index contributed by atoms with van der Waals surface area (Å²) < 4.78 is 0. The molecule has 5 heteroatoms. The van der Waals surface area contributed by atoms with Crippen LogP contribution in [0.4, 0.5) is 11.8 Å². The van der Waals surface area contributed by atoms with Crippen molar-refractivity contribution in [3.8, 4) is 0 Å². The van der Waals surface area contributed by atoms with E-state index in [-0.39, 0.29) is 0 Å². The molecule has 3 aromatic rings. The average Bonchev–Trinajstić information content (AvgIpc) is 2.61. The maximum Gasteiger partial charge on any atom is 0.224 e. The van der Waals surface area contributed by atoms with Crippen LogP contribution in [0.25, 0.3) is 0 Å². The summed E-state index contributed by atoms with van der Waals surface area (Å²) in [5.74, 6) is 1.36. The second-order valence-corrected chi connectivity index (χ2v) is 5.96. The minimum absolute atomic E-state index is 0.573. The Hall–Kier alpha value is -2.59. The fourth-order valence-electron chi connectivity index (χ4n) is 2.26. The third-order valence-electron chi connectivity index (χ3n) is 3.64. The van der Waals surface area contributed by atoms with Crippen molar-refractivity contribution in [1.29, 1.82) is 0 Å². The van der Waals surface area contributed by atoms with Gasteiger partial charge in [0.15, 0.2) is 0 Å². The summed E-state index contributed by atoms with van der Waals surface area (Å²) in [6.07, 6.45) is 1.74. The molecular formula is C19H19ClN4. The molecule has 122 valence electrons. The monoisotopic (exact) mass is 338 g/mol. The Bertz CT molecular complexity index is 802. The minimum Gasteiger partial charge on any atom is -0.366 e. The maximum absolute atomic E-state index is 6.16. The molecule has 0 spiro atoms. The zero-order valence-electron chi connectivity index (χ0n) is 13.5. The van der Waals surface area contributed by atoms with Crippen molar-refractivity contribution in [2.75, 3.05) is 10.6 Å². The Balaban J connectivity index is 1.59. The van der Waals surface area contributed by atoms with E-state index in [1.165, 1.54) is 11.1 Å². The molecule has 0 radical (unpaired) electrons. The Morgan fingerprint density at radius 2 is 1.71 bits per heavy atom. The summed E-state index contributed by atoms with van der Waals surface area (Å²) >= 11 is 6.16. The number of anilines is 2. The quantitative estimate of drug-likeness (QED) is 0.686. The van der Waals surface area contributed by atoms with Gasteiger partial charge in [-0.1, -0.05) is 59.6 Å². The molecule has 0 aliphatic carbocycles.